The van der Waals surface area contributed by atoms with Crippen molar-refractivity contribution in [3.8, 4) is 0 Å². The Bertz CT molecular complexity index is 740. The summed E-state index contributed by atoms with van der Waals surface area (Å²) in [5, 5.41) is 3.37. The predicted molar refractivity (Wildman–Crippen MR) is 95.9 cm³/mol. The number of anilines is 1. The second-order valence-corrected chi connectivity index (χ2v) is 6.40. The smallest absolute Gasteiger partial charge is 0.287 e. The van der Waals surface area contributed by atoms with E-state index in [9.17, 15) is 9.59 Å². The molecule has 2 heterocycles. The van der Waals surface area contributed by atoms with E-state index in [1.54, 1.807) is 24.0 Å². The van der Waals surface area contributed by atoms with Crippen molar-refractivity contribution in [2.45, 2.75) is 13.0 Å². The maximum Gasteiger partial charge on any atom is 0.287 e. The molecule has 6 nitrogen and oxygen atoms in total. The van der Waals surface area contributed by atoms with Crippen LogP contribution in [0, 0.1) is 0 Å². The fraction of sp³-hybridized carbons (Fsp3) is 0.333. The summed E-state index contributed by atoms with van der Waals surface area (Å²) in [5.41, 5.74) is 1.05. The van der Waals surface area contributed by atoms with Crippen molar-refractivity contribution in [1.82, 2.24) is 10.2 Å². The molecule has 0 radical (unpaired) electrons. The molecule has 1 aliphatic rings. The molecule has 3 rings (SSSR count). The predicted octanol–water partition coefficient (Wildman–Crippen LogP) is 2.40. The second kappa shape index (κ2) is 7.61. The lowest BCUT2D eigenvalue weighted by atomic mass is 10.2. The molecule has 1 atom stereocenters. The molecule has 2 amide bonds. The van der Waals surface area contributed by atoms with Crippen LogP contribution in [-0.2, 0) is 4.79 Å². The van der Waals surface area contributed by atoms with Crippen LogP contribution in [0.1, 0.15) is 17.5 Å². The number of hydrogen-bond donors (Lipinski definition) is 1. The highest BCUT2D eigenvalue weighted by Crippen LogP contribution is 2.21. The lowest BCUT2D eigenvalue weighted by Crippen LogP contribution is -2.54. The van der Waals surface area contributed by atoms with Gasteiger partial charge >= 0.3 is 0 Å². The summed E-state index contributed by atoms with van der Waals surface area (Å²) >= 11 is 6.04. The molecule has 0 bridgehead atoms. The van der Waals surface area contributed by atoms with Crippen LogP contribution in [0.5, 0.6) is 0 Å². The zero-order chi connectivity index (χ0) is 17.8. The van der Waals surface area contributed by atoms with Crippen LogP contribution in [0.25, 0.3) is 0 Å². The van der Waals surface area contributed by atoms with Gasteiger partial charge in [0.2, 0.25) is 5.91 Å². The van der Waals surface area contributed by atoms with Crippen LogP contribution < -0.4 is 10.2 Å². The molecule has 1 aliphatic heterocycles. The van der Waals surface area contributed by atoms with Crippen molar-refractivity contribution in [3.05, 3.63) is 53.4 Å². The lowest BCUT2D eigenvalue weighted by molar-refractivity contribution is -0.133. The number of amides is 2. The Balaban J connectivity index is 1.53. The molecule has 7 heteroatoms. The molecule has 1 fully saturated rings. The number of benzene rings is 1. The highest BCUT2D eigenvalue weighted by molar-refractivity contribution is 6.30. The number of furan rings is 1. The fourth-order valence-electron chi connectivity index (χ4n) is 2.87. The van der Waals surface area contributed by atoms with Gasteiger partial charge in [-0.2, -0.15) is 0 Å². The minimum absolute atomic E-state index is 0.0920. The van der Waals surface area contributed by atoms with Gasteiger partial charge in [0, 0.05) is 36.9 Å². The molecule has 2 aromatic rings. The van der Waals surface area contributed by atoms with Gasteiger partial charge in [-0.1, -0.05) is 17.7 Å². The van der Waals surface area contributed by atoms with Crippen LogP contribution in [0.2, 0.25) is 5.02 Å². The van der Waals surface area contributed by atoms with Crippen molar-refractivity contribution in [3.63, 3.8) is 0 Å². The van der Waals surface area contributed by atoms with Crippen LogP contribution in [0.15, 0.2) is 47.1 Å². The molecule has 1 aromatic carbocycles. The van der Waals surface area contributed by atoms with Gasteiger partial charge < -0.3 is 19.5 Å². The maximum atomic E-state index is 12.5. The number of nitrogens with one attached hydrogen (secondary N) is 1. The van der Waals surface area contributed by atoms with Gasteiger partial charge in [0.15, 0.2) is 5.76 Å². The molecule has 1 saturated heterocycles. The molecular weight excluding hydrogens is 342 g/mol. The summed E-state index contributed by atoms with van der Waals surface area (Å²) < 4.78 is 5.04. The minimum Gasteiger partial charge on any atom is -0.459 e. The minimum atomic E-state index is -0.602. The fourth-order valence-corrected chi connectivity index (χ4v) is 3.05. The Hall–Kier alpha value is -2.47. The Morgan fingerprint density at radius 3 is 2.56 bits per heavy atom. The Morgan fingerprint density at radius 1 is 1.16 bits per heavy atom. The molecule has 0 saturated carbocycles. The van der Waals surface area contributed by atoms with E-state index in [1.807, 2.05) is 24.3 Å². The van der Waals surface area contributed by atoms with E-state index in [0.29, 0.717) is 18.1 Å². The zero-order valence-corrected chi connectivity index (χ0v) is 14.7. The first-order valence-electron chi connectivity index (χ1n) is 8.18. The standard InChI is InChI=1S/C18H20ClN3O3/c1-13(20-17(23)16-6-3-11-25-16)18(24)22-9-7-21(8-10-22)15-5-2-4-14(19)12-15/h2-6,11-13H,7-10H2,1H3,(H,20,23)/t13-/m0/s1. The van der Waals surface area contributed by atoms with Gasteiger partial charge in [-0.05, 0) is 37.3 Å². The molecule has 25 heavy (non-hydrogen) atoms. The summed E-state index contributed by atoms with van der Waals surface area (Å²) in [5.74, 6) is -0.278. The number of piperazine rings is 1. The topological polar surface area (TPSA) is 65.8 Å². The molecule has 0 unspecified atom stereocenters. The summed E-state index contributed by atoms with van der Waals surface area (Å²) in [6.07, 6.45) is 1.43. The van der Waals surface area contributed by atoms with E-state index in [0.717, 1.165) is 18.8 Å². The van der Waals surface area contributed by atoms with Crippen molar-refractivity contribution < 1.29 is 14.0 Å². The largest absolute Gasteiger partial charge is 0.459 e. The number of carbonyl (C=O) groups is 2. The van der Waals surface area contributed by atoms with E-state index in [-0.39, 0.29) is 17.6 Å². The first kappa shape index (κ1) is 17.4. The SMILES string of the molecule is C[C@H](NC(=O)c1ccco1)C(=O)N1CCN(c2cccc(Cl)c2)CC1. The third-order valence-corrected chi connectivity index (χ3v) is 4.46. The van der Waals surface area contributed by atoms with Crippen LogP contribution >= 0.6 is 11.6 Å². The Labute approximate surface area is 151 Å². The maximum absolute atomic E-state index is 12.5. The molecule has 0 spiro atoms. The number of rotatable bonds is 4. The Morgan fingerprint density at radius 2 is 1.92 bits per heavy atom. The van der Waals surface area contributed by atoms with Crippen molar-refractivity contribution in [1.29, 1.82) is 0 Å². The molecular formula is C18H20ClN3O3. The number of carbonyl (C=O) groups excluding carboxylic acids is 2. The average Bonchev–Trinajstić information content (AvgIpc) is 3.16. The first-order chi connectivity index (χ1) is 12.0. The van der Waals surface area contributed by atoms with Gasteiger partial charge in [0.25, 0.3) is 5.91 Å². The summed E-state index contributed by atoms with van der Waals surface area (Å²) in [6, 6.07) is 10.3. The molecule has 1 N–H and O–H groups in total. The normalized spacial score (nSPS) is 15.8. The van der Waals surface area contributed by atoms with E-state index in [4.69, 9.17) is 16.0 Å². The van der Waals surface area contributed by atoms with Gasteiger partial charge in [-0.15, -0.1) is 0 Å². The number of hydrogen-bond acceptors (Lipinski definition) is 4. The number of nitrogens with zero attached hydrogens (tertiary/aromatic N) is 2. The van der Waals surface area contributed by atoms with Crippen molar-refractivity contribution in [2.75, 3.05) is 31.1 Å². The quantitative estimate of drug-likeness (QED) is 0.908. The third-order valence-electron chi connectivity index (χ3n) is 4.23. The van der Waals surface area contributed by atoms with Crippen molar-refractivity contribution in [2.24, 2.45) is 0 Å². The van der Waals surface area contributed by atoms with Gasteiger partial charge in [0.1, 0.15) is 6.04 Å². The van der Waals surface area contributed by atoms with Crippen LogP contribution in [0.4, 0.5) is 5.69 Å². The summed E-state index contributed by atoms with van der Waals surface area (Å²) in [4.78, 5) is 28.5. The van der Waals surface area contributed by atoms with E-state index in [1.165, 1.54) is 6.26 Å². The van der Waals surface area contributed by atoms with E-state index >= 15 is 0 Å². The zero-order valence-electron chi connectivity index (χ0n) is 13.9. The monoisotopic (exact) mass is 361 g/mol. The van der Waals surface area contributed by atoms with Crippen molar-refractivity contribution >= 4 is 29.1 Å². The van der Waals surface area contributed by atoms with Gasteiger partial charge in [-0.3, -0.25) is 9.59 Å². The van der Waals surface area contributed by atoms with Gasteiger partial charge in [-0.25, -0.2) is 0 Å². The first-order valence-corrected chi connectivity index (χ1v) is 8.56. The van der Waals surface area contributed by atoms with E-state index in [2.05, 4.69) is 10.2 Å². The molecule has 132 valence electrons. The highest BCUT2D eigenvalue weighted by Gasteiger charge is 2.26. The number of halogens is 1. The third kappa shape index (κ3) is 4.14. The summed E-state index contributed by atoms with van der Waals surface area (Å²) in [6.45, 7) is 4.35. The molecule has 1 aromatic heterocycles. The average molecular weight is 362 g/mol. The highest BCUT2D eigenvalue weighted by atomic mass is 35.5. The molecule has 0 aliphatic carbocycles. The lowest BCUT2D eigenvalue weighted by Gasteiger charge is -2.37. The van der Waals surface area contributed by atoms with Crippen LogP contribution in [0.3, 0.4) is 0 Å². The second-order valence-electron chi connectivity index (χ2n) is 5.96. The van der Waals surface area contributed by atoms with Gasteiger partial charge in [0.05, 0.1) is 6.26 Å². The Kier molecular flexibility index (Phi) is 5.28. The summed E-state index contributed by atoms with van der Waals surface area (Å²) in [7, 11) is 0. The van der Waals surface area contributed by atoms with E-state index < -0.39 is 6.04 Å². The van der Waals surface area contributed by atoms with Crippen LogP contribution in [-0.4, -0.2) is 48.9 Å².